The molecule has 9 rings (SSSR count). The maximum Gasteiger partial charge on any atom is 0.387 e. The molecule has 0 bridgehead atoms. The Balaban J connectivity index is 0.000000393. The molecule has 13 heteroatoms. The van der Waals surface area contributed by atoms with Crippen molar-refractivity contribution in [3.8, 4) is 5.75 Å². The quantitative estimate of drug-likeness (QED) is 0.0931. The number of ether oxygens (including phenoxy) is 2. The SMILES string of the molecule is CC(C)(C)c1ccc(C(=O)O)cc1.CC(C)(C)c1ccc(OC(F)F)cc1.CC(C)(C)c1ccc([N+](=O)[O-])cc1.CC(C)(C)c1cccc([N+](=O)[O-])c1.CC(C)(C)c1ccccc1.CC(C)c1ccc2ccccc2c1.COC(=O)c1ccc(C(C)(C)C)cc1.Cc1ccc(C(C)(C)C)cc1. The molecule has 9 aromatic rings. The summed E-state index contributed by atoms with van der Waals surface area (Å²) < 4.78 is 32.5. The molecule has 101 heavy (non-hydrogen) atoms. The molecule has 1 N–H and O–H groups in total. The molecular weight excluding hydrogens is 1270 g/mol. The summed E-state index contributed by atoms with van der Waals surface area (Å²) in [6.45, 7) is 48.4. The van der Waals surface area contributed by atoms with Gasteiger partial charge in [-0.15, -0.1) is 0 Å². The van der Waals surface area contributed by atoms with Gasteiger partial charge in [0, 0.05) is 24.3 Å². The number of fused-ring (bicyclic) bond motifs is 1. The van der Waals surface area contributed by atoms with Crippen molar-refractivity contribution in [1.82, 2.24) is 0 Å². The third-order valence-corrected chi connectivity index (χ3v) is 16.0. The fourth-order valence-corrected chi connectivity index (χ4v) is 9.20. The second-order valence-electron chi connectivity index (χ2n) is 32.2. The molecule has 0 aliphatic heterocycles. The van der Waals surface area contributed by atoms with Crippen molar-refractivity contribution in [2.75, 3.05) is 7.11 Å². The lowest BCUT2D eigenvalue weighted by Crippen LogP contribution is -2.11. The van der Waals surface area contributed by atoms with E-state index in [4.69, 9.17) is 5.11 Å². The normalized spacial score (nSPS) is 11.4. The van der Waals surface area contributed by atoms with E-state index >= 15 is 0 Å². The number of nitro groups is 2. The first-order valence-corrected chi connectivity index (χ1v) is 34.1. The molecule has 0 unspecified atom stereocenters. The number of hydrogen-bond donors (Lipinski definition) is 1. The minimum absolute atomic E-state index is 0.0311. The highest BCUT2D eigenvalue weighted by atomic mass is 19.3. The van der Waals surface area contributed by atoms with E-state index < -0.39 is 12.6 Å². The monoisotopic (exact) mass is 1380 g/mol. The van der Waals surface area contributed by atoms with Crippen LogP contribution in [0.3, 0.4) is 0 Å². The second-order valence-corrected chi connectivity index (χ2v) is 32.2. The average Bonchev–Trinajstić information content (AvgIpc) is 0.796. The molecule has 0 saturated heterocycles. The molecular formula is C88H114F2N2O9. The molecule has 0 atom stereocenters. The van der Waals surface area contributed by atoms with Gasteiger partial charge in [-0.3, -0.25) is 20.2 Å². The Hall–Kier alpha value is -9.36. The van der Waals surface area contributed by atoms with E-state index in [0.29, 0.717) is 22.5 Å². The number of esters is 1. The average molecular weight is 1380 g/mol. The molecule has 0 spiro atoms. The van der Waals surface area contributed by atoms with Gasteiger partial charge in [0.15, 0.2) is 0 Å². The number of hydrogen-bond acceptors (Lipinski definition) is 8. The van der Waals surface area contributed by atoms with E-state index in [1.165, 1.54) is 51.8 Å². The first kappa shape index (κ1) is 87.7. The number of carbonyl (C=O) groups is 2. The lowest BCUT2D eigenvalue weighted by molar-refractivity contribution is -0.385. The summed E-state index contributed by atoms with van der Waals surface area (Å²) in [6, 6.07) is 69.2. The summed E-state index contributed by atoms with van der Waals surface area (Å²) in [5.41, 5.74) is 13.2. The second kappa shape index (κ2) is 39.0. The van der Waals surface area contributed by atoms with Crippen molar-refractivity contribution in [3.05, 3.63) is 300 Å². The van der Waals surface area contributed by atoms with Crippen molar-refractivity contribution in [2.45, 2.75) is 217 Å². The van der Waals surface area contributed by atoms with Crippen molar-refractivity contribution < 1.29 is 42.8 Å². The highest BCUT2D eigenvalue weighted by Crippen LogP contribution is 2.30. The number of benzene rings is 9. The third kappa shape index (κ3) is 33.1. The standard InChI is InChI=1S/C13H14.C12H16O2.C11H14F2O.C11H14O2.C11H16.2C10H13NO2.C10H14/c1-10(2)12-8-7-11-5-3-4-6-13(11)9-12;1-12(2,3)10-7-5-9(6-8-10)11(13)14-4;1-11(2,3)8-4-6-9(7-5-8)14-10(12)13;1-11(2,3)9-6-4-8(5-7-9)10(12)13;1-9-5-7-10(8-6-9)11(2,3)4;1-10(2,3)8-4-6-9(7-5-8)11(12)13;1-10(2,3)8-5-4-6-9(7-8)11(12)13;1-10(2,3)9-7-5-4-6-8-9/h3-10H,1-2H3;5-8H,1-4H3;4-7,10H,1-3H3;4-7H,1-3H3,(H,12,13);5-8H,1-4H3;2*4-7H,1-3H3;4-8H,1-3H3. The van der Waals surface area contributed by atoms with Crippen LogP contribution in [0.4, 0.5) is 20.2 Å². The van der Waals surface area contributed by atoms with Crippen LogP contribution in [0, 0.1) is 27.2 Å². The van der Waals surface area contributed by atoms with Crippen LogP contribution >= 0.6 is 0 Å². The molecule has 0 aliphatic rings. The Bertz CT molecular complexity index is 3880. The topological polar surface area (TPSA) is 159 Å². The summed E-state index contributed by atoms with van der Waals surface area (Å²) >= 11 is 0. The van der Waals surface area contributed by atoms with Crippen LogP contribution < -0.4 is 4.74 Å². The van der Waals surface area contributed by atoms with Gasteiger partial charge in [-0.2, -0.15) is 8.78 Å². The Morgan fingerprint density at radius 1 is 0.386 bits per heavy atom. The summed E-state index contributed by atoms with van der Waals surface area (Å²) in [5, 5.41) is 32.2. The van der Waals surface area contributed by atoms with Crippen molar-refractivity contribution in [2.24, 2.45) is 0 Å². The molecule has 0 aliphatic carbocycles. The van der Waals surface area contributed by atoms with Crippen LogP contribution in [-0.4, -0.2) is 40.6 Å². The molecule has 0 fully saturated rings. The summed E-state index contributed by atoms with van der Waals surface area (Å²) in [6.07, 6.45) is 0. The molecule has 0 amide bonds. The highest BCUT2D eigenvalue weighted by molar-refractivity contribution is 5.89. The maximum atomic E-state index is 11.8. The zero-order valence-corrected chi connectivity index (χ0v) is 64.8. The number of aryl methyl sites for hydroxylation is 1. The number of nitro benzene ring substituents is 2. The number of alkyl halides is 2. The Kier molecular flexibility index (Phi) is 33.9. The van der Waals surface area contributed by atoms with E-state index in [0.717, 1.165) is 22.3 Å². The first-order chi connectivity index (χ1) is 46.4. The van der Waals surface area contributed by atoms with Crippen LogP contribution in [0.2, 0.25) is 0 Å². The fourth-order valence-electron chi connectivity index (χ4n) is 9.20. The number of carboxylic acids is 1. The van der Waals surface area contributed by atoms with Gasteiger partial charge in [0.2, 0.25) is 0 Å². The lowest BCUT2D eigenvalue weighted by atomic mass is 9.87. The minimum atomic E-state index is -2.75. The van der Waals surface area contributed by atoms with Crippen LogP contribution in [0.1, 0.15) is 236 Å². The number of nitrogens with zero attached hydrogens (tertiary/aromatic N) is 2. The largest absolute Gasteiger partial charge is 0.478 e. The van der Waals surface area contributed by atoms with Crippen molar-refractivity contribution in [1.29, 1.82) is 0 Å². The Morgan fingerprint density at radius 2 is 0.723 bits per heavy atom. The van der Waals surface area contributed by atoms with Gasteiger partial charge in [-0.05, 0) is 142 Å². The molecule has 0 radical (unpaired) electrons. The van der Waals surface area contributed by atoms with E-state index in [2.05, 4.69) is 252 Å². The van der Waals surface area contributed by atoms with Gasteiger partial charge >= 0.3 is 18.6 Å². The van der Waals surface area contributed by atoms with Crippen LogP contribution in [-0.2, 0) is 42.6 Å². The molecule has 0 saturated carbocycles. The zero-order chi connectivity index (χ0) is 77.1. The summed E-state index contributed by atoms with van der Waals surface area (Å²) in [4.78, 5) is 41.8. The number of halogens is 2. The predicted molar refractivity (Wildman–Crippen MR) is 417 cm³/mol. The van der Waals surface area contributed by atoms with Crippen LogP contribution in [0.25, 0.3) is 10.8 Å². The van der Waals surface area contributed by atoms with E-state index in [1.54, 1.807) is 84.9 Å². The van der Waals surface area contributed by atoms with Gasteiger partial charge in [-0.25, -0.2) is 9.59 Å². The van der Waals surface area contributed by atoms with Gasteiger partial charge in [0.1, 0.15) is 5.75 Å². The predicted octanol–water partition coefficient (Wildman–Crippen LogP) is 25.1. The van der Waals surface area contributed by atoms with E-state index in [9.17, 15) is 38.6 Å². The van der Waals surface area contributed by atoms with Gasteiger partial charge in [0.25, 0.3) is 11.4 Å². The smallest absolute Gasteiger partial charge is 0.387 e. The van der Waals surface area contributed by atoms with Gasteiger partial charge in [0.05, 0.1) is 28.1 Å². The molecule has 544 valence electrons. The van der Waals surface area contributed by atoms with Gasteiger partial charge < -0.3 is 14.6 Å². The maximum absolute atomic E-state index is 11.8. The van der Waals surface area contributed by atoms with Gasteiger partial charge in [-0.1, -0.05) is 323 Å². The number of non-ortho nitro benzene ring substituents is 2. The summed E-state index contributed by atoms with van der Waals surface area (Å²) in [5.74, 6) is -0.344. The highest BCUT2D eigenvalue weighted by Gasteiger charge is 2.20. The fraction of sp³-hybridized carbons (Fsp3) is 0.386. The number of methoxy groups -OCH3 is 1. The van der Waals surface area contributed by atoms with E-state index in [1.807, 2.05) is 51.1 Å². The Morgan fingerprint density at radius 3 is 1.07 bits per heavy atom. The minimum Gasteiger partial charge on any atom is -0.478 e. The Labute approximate surface area is 603 Å². The number of rotatable bonds is 7. The zero-order valence-electron chi connectivity index (χ0n) is 64.8. The molecule has 0 aromatic heterocycles. The van der Waals surface area contributed by atoms with Crippen LogP contribution in [0.5, 0.6) is 5.75 Å². The molecule has 9 aromatic carbocycles. The summed E-state index contributed by atoms with van der Waals surface area (Å²) in [7, 11) is 1.39. The molecule has 11 nitrogen and oxygen atoms in total. The third-order valence-electron chi connectivity index (χ3n) is 16.0. The van der Waals surface area contributed by atoms with Crippen molar-refractivity contribution in [3.63, 3.8) is 0 Å². The number of carbonyl (C=O) groups excluding carboxylic acids is 1. The van der Waals surface area contributed by atoms with Crippen LogP contribution in [0.15, 0.2) is 218 Å². The number of carboxylic acid groups (broad SMARTS) is 1. The first-order valence-electron chi connectivity index (χ1n) is 34.1. The van der Waals surface area contributed by atoms with E-state index in [-0.39, 0.29) is 65.4 Å². The van der Waals surface area contributed by atoms with Crippen molar-refractivity contribution >= 4 is 34.1 Å². The lowest BCUT2D eigenvalue weighted by Gasteiger charge is -2.19. The number of aromatic carboxylic acids is 1. The molecule has 0 heterocycles.